The quantitative estimate of drug-likeness (QED) is 0.477. The zero-order chi connectivity index (χ0) is 13.5. The second kappa shape index (κ2) is 6.50. The summed E-state index contributed by atoms with van der Waals surface area (Å²) in [6.07, 6.45) is 6.05. The predicted molar refractivity (Wildman–Crippen MR) is 70.8 cm³/mol. The van der Waals surface area contributed by atoms with Gasteiger partial charge >= 0.3 is 5.69 Å². The molecule has 1 atom stereocenters. The molecule has 0 aliphatic heterocycles. The standard InChI is InChI=1S/C13H16N2O3/c1-4-8-18-13-9-11(14-10(3)5-2)6-7-12(13)15(16)17/h2,6-7,9-10,14H,4,8H2,1,3H3. The Balaban J connectivity index is 2.97. The lowest BCUT2D eigenvalue weighted by atomic mass is 10.2. The van der Waals surface area contributed by atoms with Gasteiger partial charge in [-0.25, -0.2) is 0 Å². The van der Waals surface area contributed by atoms with Crippen molar-refractivity contribution in [1.29, 1.82) is 0 Å². The predicted octanol–water partition coefficient (Wildman–Crippen LogP) is 2.82. The Kier molecular flexibility index (Phi) is 5.00. The number of rotatable bonds is 6. The summed E-state index contributed by atoms with van der Waals surface area (Å²) in [5, 5.41) is 13.9. The summed E-state index contributed by atoms with van der Waals surface area (Å²) in [4.78, 5) is 10.4. The number of nitro groups is 1. The van der Waals surface area contributed by atoms with Crippen LogP contribution >= 0.6 is 0 Å². The fourth-order valence-electron chi connectivity index (χ4n) is 1.37. The largest absolute Gasteiger partial charge is 0.487 e. The summed E-state index contributed by atoms with van der Waals surface area (Å²) < 4.78 is 5.37. The average Bonchev–Trinajstić information content (AvgIpc) is 2.36. The molecule has 96 valence electrons. The van der Waals surface area contributed by atoms with Gasteiger partial charge in [-0.3, -0.25) is 10.1 Å². The maximum Gasteiger partial charge on any atom is 0.311 e. The van der Waals surface area contributed by atoms with Crippen LogP contribution in [0.25, 0.3) is 0 Å². The third-order valence-corrected chi connectivity index (χ3v) is 2.25. The normalized spacial score (nSPS) is 11.4. The minimum absolute atomic E-state index is 0.0395. The molecule has 0 radical (unpaired) electrons. The second-order valence-corrected chi connectivity index (χ2v) is 3.82. The van der Waals surface area contributed by atoms with Crippen LogP contribution in [0.5, 0.6) is 5.75 Å². The van der Waals surface area contributed by atoms with E-state index in [2.05, 4.69) is 11.2 Å². The van der Waals surface area contributed by atoms with Gasteiger partial charge in [0.2, 0.25) is 0 Å². The van der Waals surface area contributed by atoms with Crippen LogP contribution in [0.2, 0.25) is 0 Å². The van der Waals surface area contributed by atoms with Crippen molar-refractivity contribution in [1.82, 2.24) is 0 Å². The van der Waals surface area contributed by atoms with Gasteiger partial charge < -0.3 is 10.1 Å². The van der Waals surface area contributed by atoms with Gasteiger partial charge in [0.25, 0.3) is 0 Å². The van der Waals surface area contributed by atoms with Gasteiger partial charge in [-0.05, 0) is 19.4 Å². The van der Waals surface area contributed by atoms with Gasteiger partial charge in [0.1, 0.15) is 0 Å². The van der Waals surface area contributed by atoms with Crippen LogP contribution in [0.15, 0.2) is 18.2 Å². The molecular formula is C13H16N2O3. The third kappa shape index (κ3) is 3.67. The lowest BCUT2D eigenvalue weighted by molar-refractivity contribution is -0.385. The molecule has 1 unspecified atom stereocenters. The highest BCUT2D eigenvalue weighted by atomic mass is 16.6. The van der Waals surface area contributed by atoms with Crippen molar-refractivity contribution in [2.45, 2.75) is 26.3 Å². The summed E-state index contributed by atoms with van der Waals surface area (Å²) in [7, 11) is 0. The Hall–Kier alpha value is -2.22. The molecule has 0 aliphatic carbocycles. The van der Waals surface area contributed by atoms with Crippen molar-refractivity contribution in [3.05, 3.63) is 28.3 Å². The highest BCUT2D eigenvalue weighted by Gasteiger charge is 2.15. The van der Waals surface area contributed by atoms with Gasteiger partial charge in [0.15, 0.2) is 5.75 Å². The number of hydrogen-bond acceptors (Lipinski definition) is 4. The van der Waals surface area contributed by atoms with Crippen LogP contribution in [0.4, 0.5) is 11.4 Å². The van der Waals surface area contributed by atoms with Crippen LogP contribution < -0.4 is 10.1 Å². The van der Waals surface area contributed by atoms with E-state index >= 15 is 0 Å². The molecule has 1 rings (SSSR count). The molecule has 5 heteroatoms. The summed E-state index contributed by atoms with van der Waals surface area (Å²) in [6, 6.07) is 4.48. The number of nitro benzene ring substituents is 1. The summed E-state index contributed by atoms with van der Waals surface area (Å²) in [6.45, 7) is 4.21. The molecule has 0 aromatic heterocycles. The van der Waals surface area contributed by atoms with Crippen LogP contribution in [0, 0.1) is 22.5 Å². The number of benzene rings is 1. The SMILES string of the molecule is C#CC(C)Nc1ccc([N+](=O)[O-])c(OCCC)c1. The molecule has 0 spiro atoms. The Morgan fingerprint density at radius 3 is 2.89 bits per heavy atom. The first kappa shape index (κ1) is 13.8. The number of nitrogens with zero attached hydrogens (tertiary/aromatic N) is 1. The minimum atomic E-state index is -0.459. The lowest BCUT2D eigenvalue weighted by Crippen LogP contribution is -2.12. The van der Waals surface area contributed by atoms with Gasteiger partial charge in [-0.1, -0.05) is 12.8 Å². The van der Waals surface area contributed by atoms with Crippen LogP contribution in [0.3, 0.4) is 0 Å². The van der Waals surface area contributed by atoms with E-state index in [0.29, 0.717) is 12.3 Å². The molecule has 18 heavy (non-hydrogen) atoms. The molecule has 0 bridgehead atoms. The van der Waals surface area contributed by atoms with E-state index in [-0.39, 0.29) is 17.5 Å². The summed E-state index contributed by atoms with van der Waals surface area (Å²) >= 11 is 0. The van der Waals surface area contributed by atoms with E-state index < -0.39 is 4.92 Å². The topological polar surface area (TPSA) is 64.4 Å². The molecule has 1 N–H and O–H groups in total. The number of hydrogen-bond donors (Lipinski definition) is 1. The molecule has 5 nitrogen and oxygen atoms in total. The highest BCUT2D eigenvalue weighted by Crippen LogP contribution is 2.30. The first-order chi connectivity index (χ1) is 8.58. The first-order valence-corrected chi connectivity index (χ1v) is 5.72. The Bertz CT molecular complexity index is 466. The molecular weight excluding hydrogens is 232 g/mol. The van der Waals surface area contributed by atoms with Crippen molar-refractivity contribution >= 4 is 11.4 Å². The van der Waals surface area contributed by atoms with E-state index in [9.17, 15) is 10.1 Å². The van der Waals surface area contributed by atoms with Gasteiger partial charge in [0, 0.05) is 17.8 Å². The van der Waals surface area contributed by atoms with Gasteiger partial charge in [0.05, 0.1) is 17.6 Å². The number of ether oxygens (including phenoxy) is 1. The molecule has 0 saturated heterocycles. The van der Waals surface area contributed by atoms with Crippen LogP contribution in [-0.4, -0.2) is 17.6 Å². The van der Waals surface area contributed by atoms with Crippen molar-refractivity contribution in [2.75, 3.05) is 11.9 Å². The zero-order valence-electron chi connectivity index (χ0n) is 10.5. The second-order valence-electron chi connectivity index (χ2n) is 3.82. The monoisotopic (exact) mass is 248 g/mol. The summed E-state index contributed by atoms with van der Waals surface area (Å²) in [5.74, 6) is 2.79. The van der Waals surface area contributed by atoms with Crippen LogP contribution in [0.1, 0.15) is 20.3 Å². The fraction of sp³-hybridized carbons (Fsp3) is 0.385. The lowest BCUT2D eigenvalue weighted by Gasteiger charge is -2.11. The number of nitrogens with one attached hydrogen (secondary N) is 1. The number of terminal acetylenes is 1. The molecule has 1 aromatic rings. The molecule has 0 saturated carbocycles. The maximum absolute atomic E-state index is 10.8. The molecule has 0 heterocycles. The van der Waals surface area contributed by atoms with E-state index in [1.807, 2.05) is 13.8 Å². The van der Waals surface area contributed by atoms with Crippen molar-refractivity contribution in [3.63, 3.8) is 0 Å². The Morgan fingerprint density at radius 1 is 1.61 bits per heavy atom. The van der Waals surface area contributed by atoms with Gasteiger partial charge in [-0.15, -0.1) is 6.42 Å². The average molecular weight is 248 g/mol. The van der Waals surface area contributed by atoms with Crippen LogP contribution in [-0.2, 0) is 0 Å². The molecule has 1 aromatic carbocycles. The van der Waals surface area contributed by atoms with Crippen molar-refractivity contribution in [2.24, 2.45) is 0 Å². The van der Waals surface area contributed by atoms with Crippen molar-refractivity contribution in [3.8, 4) is 18.1 Å². The smallest absolute Gasteiger partial charge is 0.311 e. The fourth-order valence-corrected chi connectivity index (χ4v) is 1.37. The van der Waals surface area contributed by atoms with Crippen molar-refractivity contribution < 1.29 is 9.66 Å². The maximum atomic E-state index is 10.8. The van der Waals surface area contributed by atoms with Gasteiger partial charge in [-0.2, -0.15) is 0 Å². The van der Waals surface area contributed by atoms with E-state index in [0.717, 1.165) is 6.42 Å². The summed E-state index contributed by atoms with van der Waals surface area (Å²) in [5.41, 5.74) is 0.666. The van der Waals surface area contributed by atoms with E-state index in [1.54, 1.807) is 12.1 Å². The Labute approximate surface area is 106 Å². The molecule has 0 fully saturated rings. The highest BCUT2D eigenvalue weighted by molar-refractivity contribution is 5.58. The first-order valence-electron chi connectivity index (χ1n) is 5.72. The molecule has 0 aliphatic rings. The third-order valence-electron chi connectivity index (χ3n) is 2.25. The minimum Gasteiger partial charge on any atom is -0.487 e. The zero-order valence-corrected chi connectivity index (χ0v) is 10.5. The van der Waals surface area contributed by atoms with E-state index in [1.165, 1.54) is 6.07 Å². The molecule has 0 amide bonds. The number of anilines is 1. The Morgan fingerprint density at radius 2 is 2.33 bits per heavy atom. The van der Waals surface area contributed by atoms with E-state index in [4.69, 9.17) is 11.2 Å².